The molecule has 0 aliphatic heterocycles. The number of aryl methyl sites for hydroxylation is 1. The number of carbonyl (C=O) groups excluding carboxylic acids is 1. The minimum absolute atomic E-state index is 0.0463. The summed E-state index contributed by atoms with van der Waals surface area (Å²) in [6.45, 7) is 2.47. The quantitative estimate of drug-likeness (QED) is 0.511. The zero-order valence-electron chi connectivity index (χ0n) is 13.1. The second kappa shape index (κ2) is 7.36. The standard InChI is InChI=1S/C17H16N4O3/c1-13-9-16(24-19-13)12-23-17(22)8-7-15-11-21(20-18-15)10-14-5-3-2-4-6-14/h2-9,11H,10,12H2,1H3/b8-7+. The maximum atomic E-state index is 11.7. The molecular weight excluding hydrogens is 308 g/mol. The lowest BCUT2D eigenvalue weighted by Crippen LogP contribution is -2.00. The minimum Gasteiger partial charge on any atom is -0.454 e. The van der Waals surface area contributed by atoms with Gasteiger partial charge in [0, 0.05) is 12.1 Å². The van der Waals surface area contributed by atoms with Crippen LogP contribution in [-0.2, 0) is 22.7 Å². The van der Waals surface area contributed by atoms with E-state index in [1.807, 2.05) is 30.3 Å². The maximum absolute atomic E-state index is 11.7. The molecule has 2 aromatic heterocycles. The number of benzene rings is 1. The predicted molar refractivity (Wildman–Crippen MR) is 85.6 cm³/mol. The monoisotopic (exact) mass is 324 g/mol. The Morgan fingerprint density at radius 2 is 2.17 bits per heavy atom. The van der Waals surface area contributed by atoms with Crippen molar-refractivity contribution in [1.29, 1.82) is 0 Å². The van der Waals surface area contributed by atoms with E-state index in [-0.39, 0.29) is 6.61 Å². The van der Waals surface area contributed by atoms with Crippen molar-refractivity contribution in [3.8, 4) is 0 Å². The highest BCUT2D eigenvalue weighted by atomic mass is 16.5. The molecule has 0 aliphatic carbocycles. The molecule has 0 spiro atoms. The molecule has 3 aromatic rings. The zero-order chi connectivity index (χ0) is 16.8. The largest absolute Gasteiger partial charge is 0.454 e. The first kappa shape index (κ1) is 15.7. The molecule has 0 aliphatic rings. The van der Waals surface area contributed by atoms with Crippen molar-refractivity contribution in [3.05, 3.63) is 71.4 Å². The van der Waals surface area contributed by atoms with Crippen LogP contribution in [0.25, 0.3) is 6.08 Å². The maximum Gasteiger partial charge on any atom is 0.331 e. The molecule has 0 unspecified atom stereocenters. The van der Waals surface area contributed by atoms with Crippen molar-refractivity contribution in [2.24, 2.45) is 0 Å². The summed E-state index contributed by atoms with van der Waals surface area (Å²) in [4.78, 5) is 11.7. The van der Waals surface area contributed by atoms with Gasteiger partial charge in [-0.3, -0.25) is 0 Å². The molecule has 122 valence electrons. The summed E-state index contributed by atoms with van der Waals surface area (Å²) in [5.41, 5.74) is 2.45. The van der Waals surface area contributed by atoms with Crippen LogP contribution in [-0.4, -0.2) is 26.1 Å². The second-order valence-electron chi connectivity index (χ2n) is 5.20. The number of aromatic nitrogens is 4. The van der Waals surface area contributed by atoms with Crippen molar-refractivity contribution >= 4 is 12.0 Å². The van der Waals surface area contributed by atoms with Crippen LogP contribution in [0.15, 0.2) is 53.2 Å². The molecule has 1 aromatic carbocycles. The first-order valence-electron chi connectivity index (χ1n) is 7.40. The molecule has 3 rings (SSSR count). The zero-order valence-corrected chi connectivity index (χ0v) is 13.1. The lowest BCUT2D eigenvalue weighted by Gasteiger charge is -1.99. The van der Waals surface area contributed by atoms with Crippen molar-refractivity contribution in [3.63, 3.8) is 0 Å². The lowest BCUT2D eigenvalue weighted by molar-refractivity contribution is -0.139. The third-order valence-corrected chi connectivity index (χ3v) is 3.17. The molecule has 0 saturated carbocycles. The Labute approximate surface area is 138 Å². The normalized spacial score (nSPS) is 11.0. The first-order chi connectivity index (χ1) is 11.7. The molecule has 0 N–H and O–H groups in total. The van der Waals surface area contributed by atoms with Crippen molar-refractivity contribution in [1.82, 2.24) is 20.2 Å². The van der Waals surface area contributed by atoms with E-state index in [1.165, 1.54) is 6.08 Å². The number of hydrogen-bond acceptors (Lipinski definition) is 6. The molecule has 0 saturated heterocycles. The Hall–Kier alpha value is -3.22. The van der Waals surface area contributed by atoms with Crippen LogP contribution < -0.4 is 0 Å². The summed E-state index contributed by atoms with van der Waals surface area (Å²) in [5.74, 6) is 0.0183. The van der Waals surface area contributed by atoms with Gasteiger partial charge in [0.15, 0.2) is 12.4 Å². The van der Waals surface area contributed by atoms with E-state index in [0.717, 1.165) is 11.3 Å². The van der Waals surface area contributed by atoms with Gasteiger partial charge in [0.25, 0.3) is 0 Å². The van der Waals surface area contributed by atoms with E-state index in [9.17, 15) is 4.79 Å². The molecule has 24 heavy (non-hydrogen) atoms. The predicted octanol–water partition coefficient (Wildman–Crippen LogP) is 2.38. The molecule has 0 bridgehead atoms. The highest BCUT2D eigenvalue weighted by Gasteiger charge is 2.04. The van der Waals surface area contributed by atoms with Crippen LogP contribution in [0.1, 0.15) is 22.7 Å². The summed E-state index contributed by atoms with van der Waals surface area (Å²) in [6, 6.07) is 11.6. The molecule has 7 heteroatoms. The summed E-state index contributed by atoms with van der Waals surface area (Å²) < 4.78 is 11.7. The minimum atomic E-state index is -0.485. The fraction of sp³-hybridized carbons (Fsp3) is 0.176. The Balaban J connectivity index is 1.52. The van der Waals surface area contributed by atoms with Gasteiger partial charge >= 0.3 is 5.97 Å². The molecule has 0 atom stereocenters. The van der Waals surface area contributed by atoms with Crippen molar-refractivity contribution in [2.75, 3.05) is 0 Å². The van der Waals surface area contributed by atoms with E-state index in [4.69, 9.17) is 9.26 Å². The Morgan fingerprint density at radius 1 is 1.33 bits per heavy atom. The van der Waals surface area contributed by atoms with Gasteiger partial charge in [-0.2, -0.15) is 0 Å². The Morgan fingerprint density at radius 3 is 2.92 bits per heavy atom. The third-order valence-electron chi connectivity index (χ3n) is 3.17. The molecule has 0 fully saturated rings. The average Bonchev–Trinajstić information content (AvgIpc) is 3.21. The number of ether oxygens (including phenoxy) is 1. The van der Waals surface area contributed by atoms with Gasteiger partial charge in [0.1, 0.15) is 5.69 Å². The van der Waals surface area contributed by atoms with Gasteiger partial charge in [0.05, 0.1) is 18.4 Å². The van der Waals surface area contributed by atoms with Gasteiger partial charge in [-0.1, -0.05) is 40.7 Å². The molecular formula is C17H16N4O3. The van der Waals surface area contributed by atoms with Gasteiger partial charge in [-0.25, -0.2) is 9.48 Å². The SMILES string of the molecule is Cc1cc(COC(=O)/C=C/c2cn(Cc3ccccc3)nn2)on1. The fourth-order valence-electron chi connectivity index (χ4n) is 2.07. The lowest BCUT2D eigenvalue weighted by atomic mass is 10.2. The second-order valence-corrected chi connectivity index (χ2v) is 5.20. The summed E-state index contributed by atoms with van der Waals surface area (Å²) in [7, 11) is 0. The number of esters is 1. The summed E-state index contributed by atoms with van der Waals surface area (Å²) in [5, 5.41) is 11.7. The van der Waals surface area contributed by atoms with Crippen LogP contribution in [0.2, 0.25) is 0 Å². The van der Waals surface area contributed by atoms with Crippen LogP contribution in [0.3, 0.4) is 0 Å². The number of nitrogens with zero attached hydrogens (tertiary/aromatic N) is 4. The van der Waals surface area contributed by atoms with Gasteiger partial charge in [-0.05, 0) is 18.6 Å². The average molecular weight is 324 g/mol. The van der Waals surface area contributed by atoms with Crippen LogP contribution in [0.4, 0.5) is 0 Å². The van der Waals surface area contributed by atoms with Crippen LogP contribution in [0, 0.1) is 6.92 Å². The third kappa shape index (κ3) is 4.39. The Bertz CT molecular complexity index is 836. The van der Waals surface area contributed by atoms with Crippen molar-refractivity contribution < 1.29 is 14.1 Å². The molecule has 2 heterocycles. The summed E-state index contributed by atoms with van der Waals surface area (Å²) >= 11 is 0. The van der Waals surface area contributed by atoms with E-state index in [0.29, 0.717) is 18.0 Å². The van der Waals surface area contributed by atoms with E-state index in [2.05, 4.69) is 15.5 Å². The fourth-order valence-corrected chi connectivity index (χ4v) is 2.07. The molecule has 7 nitrogen and oxygen atoms in total. The number of rotatable bonds is 6. The smallest absolute Gasteiger partial charge is 0.331 e. The van der Waals surface area contributed by atoms with Gasteiger partial charge < -0.3 is 9.26 Å². The first-order valence-corrected chi connectivity index (χ1v) is 7.40. The highest BCUT2D eigenvalue weighted by molar-refractivity contribution is 5.86. The van der Waals surface area contributed by atoms with Gasteiger partial charge in [0.2, 0.25) is 0 Å². The topological polar surface area (TPSA) is 83.0 Å². The van der Waals surface area contributed by atoms with E-state index in [1.54, 1.807) is 29.9 Å². The number of carbonyl (C=O) groups is 1. The number of hydrogen-bond donors (Lipinski definition) is 0. The summed E-state index contributed by atoms with van der Waals surface area (Å²) in [6.07, 6.45) is 4.62. The molecule has 0 radical (unpaired) electrons. The van der Waals surface area contributed by atoms with Crippen LogP contribution in [0.5, 0.6) is 0 Å². The van der Waals surface area contributed by atoms with Crippen LogP contribution >= 0.6 is 0 Å². The highest BCUT2D eigenvalue weighted by Crippen LogP contribution is 2.05. The van der Waals surface area contributed by atoms with Gasteiger partial charge in [-0.15, -0.1) is 5.10 Å². The molecule has 0 amide bonds. The van der Waals surface area contributed by atoms with E-state index >= 15 is 0 Å². The Kier molecular flexibility index (Phi) is 4.81. The van der Waals surface area contributed by atoms with E-state index < -0.39 is 5.97 Å². The van der Waals surface area contributed by atoms with Crippen molar-refractivity contribution in [2.45, 2.75) is 20.1 Å².